The molecule has 2 aromatic heterocycles. The van der Waals surface area contributed by atoms with Crippen molar-refractivity contribution >= 4 is 17.0 Å². The number of halogens is 1. The number of hydrogen-bond acceptors (Lipinski definition) is 5. The molecule has 0 aliphatic rings. The Morgan fingerprint density at radius 1 is 1.36 bits per heavy atom. The number of ether oxygens (including phenoxy) is 1. The first-order valence-electron chi connectivity index (χ1n) is 7.91. The van der Waals surface area contributed by atoms with Crippen LogP contribution in [0.5, 0.6) is 0 Å². The highest BCUT2D eigenvalue weighted by Crippen LogP contribution is 2.31. The number of benzene rings is 1. The number of pyridine rings is 1. The maximum absolute atomic E-state index is 14.2. The van der Waals surface area contributed by atoms with Crippen molar-refractivity contribution in [1.82, 2.24) is 15.5 Å². The molecule has 2 heterocycles. The minimum absolute atomic E-state index is 0.209. The second-order valence-corrected chi connectivity index (χ2v) is 5.60. The molecule has 130 valence electrons. The van der Waals surface area contributed by atoms with Gasteiger partial charge >= 0.3 is 0 Å². The van der Waals surface area contributed by atoms with Crippen LogP contribution in [0.15, 0.2) is 34.9 Å². The van der Waals surface area contributed by atoms with Crippen LogP contribution in [0.4, 0.5) is 4.39 Å². The lowest BCUT2D eigenvalue weighted by atomic mass is 10.0. The smallest absolute Gasteiger partial charge is 0.259 e. The first-order chi connectivity index (χ1) is 12.1. The molecule has 0 radical (unpaired) electrons. The van der Waals surface area contributed by atoms with E-state index >= 15 is 0 Å². The molecule has 1 aromatic carbocycles. The molecule has 6 nitrogen and oxygen atoms in total. The Kier molecular flexibility index (Phi) is 5.04. The summed E-state index contributed by atoms with van der Waals surface area (Å²) in [6.45, 7) is 2.78. The van der Waals surface area contributed by atoms with E-state index in [0.717, 1.165) is 0 Å². The summed E-state index contributed by atoms with van der Waals surface area (Å²) in [7, 11) is 1.61. The van der Waals surface area contributed by atoms with Gasteiger partial charge in [0.05, 0.1) is 10.9 Å². The molecule has 3 rings (SSSR count). The van der Waals surface area contributed by atoms with Gasteiger partial charge in [0.15, 0.2) is 0 Å². The lowest BCUT2D eigenvalue weighted by Crippen LogP contribution is -2.25. The molecule has 0 fully saturated rings. The SMILES string of the molecule is COCCCNC(=O)c1cc(C)nc2onc(-c3ccccc3F)c12. The molecule has 0 saturated heterocycles. The van der Waals surface area contributed by atoms with Crippen molar-refractivity contribution in [2.24, 2.45) is 0 Å². The van der Waals surface area contributed by atoms with Gasteiger partial charge in [-0.3, -0.25) is 4.79 Å². The molecule has 3 aromatic rings. The number of carbonyl (C=O) groups excluding carboxylic acids is 1. The Labute approximate surface area is 144 Å². The van der Waals surface area contributed by atoms with E-state index in [0.29, 0.717) is 36.2 Å². The first-order valence-corrected chi connectivity index (χ1v) is 7.91. The summed E-state index contributed by atoms with van der Waals surface area (Å²) in [4.78, 5) is 16.9. The van der Waals surface area contributed by atoms with E-state index < -0.39 is 5.82 Å². The maximum Gasteiger partial charge on any atom is 0.259 e. The fourth-order valence-electron chi connectivity index (χ4n) is 2.60. The summed E-state index contributed by atoms with van der Waals surface area (Å²) >= 11 is 0. The number of aromatic nitrogens is 2. The monoisotopic (exact) mass is 343 g/mol. The first kappa shape index (κ1) is 17.0. The highest BCUT2D eigenvalue weighted by Gasteiger charge is 2.22. The van der Waals surface area contributed by atoms with Crippen molar-refractivity contribution in [3.05, 3.63) is 47.4 Å². The van der Waals surface area contributed by atoms with Crippen molar-refractivity contribution in [1.29, 1.82) is 0 Å². The summed E-state index contributed by atoms with van der Waals surface area (Å²) in [5.41, 5.74) is 1.72. The summed E-state index contributed by atoms with van der Waals surface area (Å²) in [6, 6.07) is 7.86. The van der Waals surface area contributed by atoms with E-state index in [-0.39, 0.29) is 22.9 Å². The Balaban J connectivity index is 2.04. The number of rotatable bonds is 6. The standard InChI is InChI=1S/C18H18FN3O3/c1-11-10-13(17(23)20-8-5-9-24-2)15-16(22-25-18(15)21-11)12-6-3-4-7-14(12)19/h3-4,6-7,10H,5,8-9H2,1-2H3,(H,20,23). The average Bonchev–Trinajstić information content (AvgIpc) is 3.01. The molecule has 0 saturated carbocycles. The Bertz CT molecular complexity index is 908. The number of amides is 1. The summed E-state index contributed by atoms with van der Waals surface area (Å²) < 4.78 is 24.4. The zero-order valence-electron chi connectivity index (χ0n) is 14.0. The van der Waals surface area contributed by atoms with Crippen LogP contribution in [0.3, 0.4) is 0 Å². The van der Waals surface area contributed by atoms with Crippen LogP contribution < -0.4 is 5.32 Å². The molecule has 0 aliphatic heterocycles. The summed E-state index contributed by atoms with van der Waals surface area (Å²) in [6.07, 6.45) is 0.694. The van der Waals surface area contributed by atoms with E-state index in [1.54, 1.807) is 38.3 Å². The van der Waals surface area contributed by atoms with E-state index in [2.05, 4.69) is 15.5 Å². The molecule has 0 unspecified atom stereocenters. The number of hydrogen-bond donors (Lipinski definition) is 1. The number of aryl methyl sites for hydroxylation is 1. The molecule has 7 heteroatoms. The number of nitrogens with zero attached hydrogens (tertiary/aromatic N) is 2. The van der Waals surface area contributed by atoms with Crippen molar-refractivity contribution in [3.63, 3.8) is 0 Å². The molecular weight excluding hydrogens is 325 g/mol. The topological polar surface area (TPSA) is 77.2 Å². The van der Waals surface area contributed by atoms with Gasteiger partial charge in [-0.05, 0) is 31.5 Å². The van der Waals surface area contributed by atoms with Gasteiger partial charge in [0.2, 0.25) is 0 Å². The summed E-state index contributed by atoms with van der Waals surface area (Å²) in [5.74, 6) is -0.725. The van der Waals surface area contributed by atoms with Crippen LogP contribution in [0, 0.1) is 12.7 Å². The minimum Gasteiger partial charge on any atom is -0.385 e. The zero-order valence-corrected chi connectivity index (χ0v) is 14.0. The Hall–Kier alpha value is -2.80. The predicted molar refractivity (Wildman–Crippen MR) is 90.8 cm³/mol. The van der Waals surface area contributed by atoms with Gasteiger partial charge in [-0.15, -0.1) is 0 Å². The van der Waals surface area contributed by atoms with Crippen LogP contribution in [-0.4, -0.2) is 36.3 Å². The van der Waals surface area contributed by atoms with Crippen molar-refractivity contribution < 1.29 is 18.4 Å². The van der Waals surface area contributed by atoms with Gasteiger partial charge in [-0.2, -0.15) is 0 Å². The molecule has 0 spiro atoms. The van der Waals surface area contributed by atoms with Crippen molar-refractivity contribution in [3.8, 4) is 11.3 Å². The van der Waals surface area contributed by atoms with Crippen molar-refractivity contribution in [2.45, 2.75) is 13.3 Å². The lowest BCUT2D eigenvalue weighted by molar-refractivity contribution is 0.0950. The van der Waals surface area contributed by atoms with Gasteiger partial charge in [-0.25, -0.2) is 9.37 Å². The van der Waals surface area contributed by atoms with Gasteiger partial charge in [0.1, 0.15) is 11.5 Å². The fourth-order valence-corrected chi connectivity index (χ4v) is 2.60. The van der Waals surface area contributed by atoms with Crippen LogP contribution in [0.25, 0.3) is 22.4 Å². The highest BCUT2D eigenvalue weighted by atomic mass is 19.1. The van der Waals surface area contributed by atoms with Crippen molar-refractivity contribution in [2.75, 3.05) is 20.3 Å². The Morgan fingerprint density at radius 2 is 2.16 bits per heavy atom. The van der Waals surface area contributed by atoms with E-state index in [9.17, 15) is 9.18 Å². The number of nitrogens with one attached hydrogen (secondary N) is 1. The molecule has 1 amide bonds. The van der Waals surface area contributed by atoms with E-state index in [1.165, 1.54) is 6.07 Å². The fraction of sp³-hybridized carbons (Fsp3) is 0.278. The number of methoxy groups -OCH3 is 1. The largest absolute Gasteiger partial charge is 0.385 e. The van der Waals surface area contributed by atoms with E-state index in [1.807, 2.05) is 0 Å². The minimum atomic E-state index is -0.440. The molecular formula is C18H18FN3O3. The third-order valence-electron chi connectivity index (χ3n) is 3.76. The highest BCUT2D eigenvalue weighted by molar-refractivity contribution is 6.09. The van der Waals surface area contributed by atoms with Gasteiger partial charge in [-0.1, -0.05) is 17.3 Å². The third kappa shape index (κ3) is 3.51. The van der Waals surface area contributed by atoms with Crippen LogP contribution >= 0.6 is 0 Å². The zero-order chi connectivity index (χ0) is 17.8. The maximum atomic E-state index is 14.2. The number of carbonyl (C=O) groups is 1. The Morgan fingerprint density at radius 3 is 2.92 bits per heavy atom. The lowest BCUT2D eigenvalue weighted by Gasteiger charge is -2.07. The summed E-state index contributed by atoms with van der Waals surface area (Å²) in [5, 5.41) is 7.17. The second-order valence-electron chi connectivity index (χ2n) is 5.60. The van der Waals surface area contributed by atoms with Gasteiger partial charge < -0.3 is 14.6 Å². The van der Waals surface area contributed by atoms with Gasteiger partial charge in [0.25, 0.3) is 11.6 Å². The quantitative estimate of drug-likeness (QED) is 0.696. The predicted octanol–water partition coefficient (Wildman–Crippen LogP) is 3.10. The van der Waals surface area contributed by atoms with Crippen LogP contribution in [-0.2, 0) is 4.74 Å². The van der Waals surface area contributed by atoms with Crippen LogP contribution in [0.2, 0.25) is 0 Å². The molecule has 1 N–H and O–H groups in total. The molecule has 0 aliphatic carbocycles. The average molecular weight is 343 g/mol. The second kappa shape index (κ2) is 7.40. The third-order valence-corrected chi connectivity index (χ3v) is 3.76. The van der Waals surface area contributed by atoms with Gasteiger partial charge in [0, 0.05) is 31.5 Å². The molecule has 0 bridgehead atoms. The number of fused-ring (bicyclic) bond motifs is 1. The normalized spacial score (nSPS) is 11.0. The molecule has 25 heavy (non-hydrogen) atoms. The van der Waals surface area contributed by atoms with Crippen LogP contribution in [0.1, 0.15) is 22.5 Å². The van der Waals surface area contributed by atoms with E-state index in [4.69, 9.17) is 9.26 Å². The molecule has 0 atom stereocenters.